The first-order valence-electron chi connectivity index (χ1n) is 9.34. The molecule has 3 N–H and O–H groups in total. The summed E-state index contributed by atoms with van der Waals surface area (Å²) in [6.07, 6.45) is 1.27. The first kappa shape index (κ1) is 21.9. The zero-order valence-corrected chi connectivity index (χ0v) is 18.0. The number of hydrogen-bond acceptors (Lipinski definition) is 6. The van der Waals surface area contributed by atoms with Gasteiger partial charge in [-0.05, 0) is 62.2 Å². The van der Waals surface area contributed by atoms with Crippen molar-refractivity contribution >= 4 is 37.3 Å². The van der Waals surface area contributed by atoms with E-state index in [1.807, 2.05) is 0 Å². The second-order valence-electron chi connectivity index (χ2n) is 6.71. The first-order valence-corrected chi connectivity index (χ1v) is 12.4. The molecule has 11 heteroatoms. The van der Waals surface area contributed by atoms with E-state index in [-0.39, 0.29) is 46.5 Å². The summed E-state index contributed by atoms with van der Waals surface area (Å²) in [6.45, 7) is 2.24. The highest BCUT2D eigenvalue weighted by Crippen LogP contribution is 2.33. The van der Waals surface area contributed by atoms with Gasteiger partial charge in [0.1, 0.15) is 10.6 Å². The molecule has 1 fully saturated rings. The minimum atomic E-state index is -4.11. The van der Waals surface area contributed by atoms with Gasteiger partial charge in [-0.2, -0.15) is 0 Å². The quantitative estimate of drug-likeness (QED) is 0.657. The van der Waals surface area contributed by atoms with Gasteiger partial charge in [-0.1, -0.05) is 0 Å². The SMILES string of the molecule is CCOc1ccc(N2CCCCS2(=O)=O)cc1S(=O)(=O)Nc1ccc(C(N)=O)cc1. The van der Waals surface area contributed by atoms with E-state index in [0.717, 1.165) is 0 Å². The van der Waals surface area contributed by atoms with Crippen LogP contribution in [0, 0.1) is 0 Å². The third-order valence-corrected chi connectivity index (χ3v) is 7.85. The van der Waals surface area contributed by atoms with Crippen LogP contribution in [0.2, 0.25) is 0 Å². The second kappa shape index (κ2) is 8.52. The summed E-state index contributed by atoms with van der Waals surface area (Å²) >= 11 is 0. The molecule has 0 aromatic heterocycles. The van der Waals surface area contributed by atoms with Crippen molar-refractivity contribution in [1.29, 1.82) is 0 Å². The highest BCUT2D eigenvalue weighted by atomic mass is 32.2. The van der Waals surface area contributed by atoms with Gasteiger partial charge in [0.25, 0.3) is 10.0 Å². The van der Waals surface area contributed by atoms with E-state index >= 15 is 0 Å². The van der Waals surface area contributed by atoms with Crippen LogP contribution in [0.15, 0.2) is 47.4 Å². The number of primary amides is 1. The summed E-state index contributed by atoms with van der Waals surface area (Å²) < 4.78 is 60.1. The van der Waals surface area contributed by atoms with Crippen LogP contribution < -0.4 is 19.5 Å². The Morgan fingerprint density at radius 2 is 1.87 bits per heavy atom. The van der Waals surface area contributed by atoms with E-state index in [1.165, 1.54) is 46.8 Å². The van der Waals surface area contributed by atoms with Crippen molar-refractivity contribution in [2.45, 2.75) is 24.7 Å². The number of carbonyl (C=O) groups excluding carboxylic acids is 1. The molecule has 162 valence electrons. The van der Waals surface area contributed by atoms with Crippen LogP contribution in [0.1, 0.15) is 30.1 Å². The number of amides is 1. The lowest BCUT2D eigenvalue weighted by Gasteiger charge is -2.28. The van der Waals surface area contributed by atoms with Gasteiger partial charge >= 0.3 is 0 Å². The van der Waals surface area contributed by atoms with E-state index in [9.17, 15) is 21.6 Å². The Kier molecular flexibility index (Phi) is 6.22. The van der Waals surface area contributed by atoms with Crippen molar-refractivity contribution in [2.24, 2.45) is 5.73 Å². The molecule has 3 rings (SSSR count). The van der Waals surface area contributed by atoms with Crippen LogP contribution in [0.4, 0.5) is 11.4 Å². The number of benzene rings is 2. The van der Waals surface area contributed by atoms with Crippen LogP contribution in [0.3, 0.4) is 0 Å². The molecule has 1 aliphatic rings. The van der Waals surface area contributed by atoms with Crippen molar-refractivity contribution in [2.75, 3.05) is 27.9 Å². The number of hydrogen-bond donors (Lipinski definition) is 2. The van der Waals surface area contributed by atoms with Crippen LogP contribution >= 0.6 is 0 Å². The Hall–Kier alpha value is -2.79. The molecule has 0 bridgehead atoms. The fraction of sp³-hybridized carbons (Fsp3) is 0.316. The lowest BCUT2D eigenvalue weighted by atomic mass is 10.2. The summed E-state index contributed by atoms with van der Waals surface area (Å²) in [6, 6.07) is 9.92. The number of ether oxygens (including phenoxy) is 1. The molecule has 30 heavy (non-hydrogen) atoms. The van der Waals surface area contributed by atoms with Crippen LogP contribution in [-0.4, -0.2) is 41.6 Å². The Bertz CT molecular complexity index is 1150. The number of nitrogens with two attached hydrogens (primary N) is 1. The third kappa shape index (κ3) is 4.68. The second-order valence-corrected chi connectivity index (χ2v) is 10.4. The summed E-state index contributed by atoms with van der Waals surface area (Å²) in [5, 5.41) is 0. The van der Waals surface area contributed by atoms with Crippen molar-refractivity contribution in [3.8, 4) is 5.75 Å². The minimum absolute atomic E-state index is 0.0206. The monoisotopic (exact) mass is 453 g/mol. The highest BCUT2D eigenvalue weighted by Gasteiger charge is 2.29. The molecule has 9 nitrogen and oxygen atoms in total. The van der Waals surface area contributed by atoms with Gasteiger partial charge in [0.15, 0.2) is 0 Å². The number of carbonyl (C=O) groups is 1. The molecule has 1 amide bonds. The van der Waals surface area contributed by atoms with Crippen molar-refractivity contribution in [3.05, 3.63) is 48.0 Å². The predicted octanol–water partition coefficient (Wildman–Crippen LogP) is 1.91. The molecule has 1 saturated heterocycles. The van der Waals surface area contributed by atoms with Gasteiger partial charge in [-0.3, -0.25) is 13.8 Å². The van der Waals surface area contributed by atoms with E-state index in [0.29, 0.717) is 12.8 Å². The lowest BCUT2D eigenvalue weighted by molar-refractivity contribution is 0.100. The number of anilines is 2. The Morgan fingerprint density at radius 1 is 1.17 bits per heavy atom. The van der Waals surface area contributed by atoms with Crippen LogP contribution in [0.25, 0.3) is 0 Å². The fourth-order valence-electron chi connectivity index (χ4n) is 3.13. The Morgan fingerprint density at radius 3 is 2.47 bits per heavy atom. The normalized spacial score (nSPS) is 16.1. The lowest BCUT2D eigenvalue weighted by Crippen LogP contribution is -2.37. The number of rotatable bonds is 7. The summed E-state index contributed by atoms with van der Waals surface area (Å²) in [4.78, 5) is 11.0. The molecule has 1 heterocycles. The third-order valence-electron chi connectivity index (χ3n) is 4.58. The smallest absolute Gasteiger partial charge is 0.265 e. The Balaban J connectivity index is 1.99. The standard InChI is InChI=1S/C19H23N3O6S2/c1-2-28-17-10-9-16(22-11-3-4-12-29(22,24)25)13-18(17)30(26,27)21-15-7-5-14(6-8-15)19(20)23/h5-10,13,21H,2-4,11-12H2,1H3,(H2,20,23). The number of sulfonamides is 2. The van der Waals surface area contributed by atoms with Gasteiger partial charge in [0.05, 0.1) is 18.0 Å². The van der Waals surface area contributed by atoms with E-state index in [4.69, 9.17) is 10.5 Å². The maximum Gasteiger partial charge on any atom is 0.265 e. The zero-order valence-electron chi connectivity index (χ0n) is 16.4. The average molecular weight is 454 g/mol. The summed E-state index contributed by atoms with van der Waals surface area (Å²) in [5.41, 5.74) is 5.92. The van der Waals surface area contributed by atoms with Gasteiger partial charge in [0.2, 0.25) is 15.9 Å². The van der Waals surface area contributed by atoms with Crippen molar-refractivity contribution < 1.29 is 26.4 Å². The van der Waals surface area contributed by atoms with Crippen molar-refractivity contribution in [1.82, 2.24) is 0 Å². The van der Waals surface area contributed by atoms with E-state index in [2.05, 4.69) is 4.72 Å². The molecule has 1 aliphatic heterocycles. The summed E-state index contributed by atoms with van der Waals surface area (Å²) in [7, 11) is -7.61. The van der Waals surface area contributed by atoms with Crippen LogP contribution in [0.5, 0.6) is 5.75 Å². The Labute approximate surface area is 175 Å². The molecular formula is C19H23N3O6S2. The van der Waals surface area contributed by atoms with Gasteiger partial charge in [-0.25, -0.2) is 16.8 Å². The average Bonchev–Trinajstić information content (AvgIpc) is 2.68. The van der Waals surface area contributed by atoms with E-state index < -0.39 is 26.0 Å². The molecule has 2 aromatic carbocycles. The number of nitrogens with zero attached hydrogens (tertiary/aromatic N) is 1. The molecule has 0 radical (unpaired) electrons. The van der Waals surface area contributed by atoms with Crippen LogP contribution in [-0.2, 0) is 20.0 Å². The molecule has 0 atom stereocenters. The molecule has 2 aromatic rings. The minimum Gasteiger partial charge on any atom is -0.492 e. The van der Waals surface area contributed by atoms with Gasteiger partial charge in [0, 0.05) is 17.8 Å². The molecule has 0 spiro atoms. The molecule has 0 aliphatic carbocycles. The number of nitrogens with one attached hydrogen (secondary N) is 1. The van der Waals surface area contributed by atoms with Gasteiger partial charge < -0.3 is 10.5 Å². The molecule has 0 unspecified atom stereocenters. The largest absolute Gasteiger partial charge is 0.492 e. The maximum absolute atomic E-state index is 13.1. The van der Waals surface area contributed by atoms with Crippen molar-refractivity contribution in [3.63, 3.8) is 0 Å². The highest BCUT2D eigenvalue weighted by molar-refractivity contribution is 7.93. The zero-order chi connectivity index (χ0) is 21.9. The summed E-state index contributed by atoms with van der Waals surface area (Å²) in [5.74, 6) is -0.498. The first-order chi connectivity index (χ1) is 14.1. The fourth-order valence-corrected chi connectivity index (χ4v) is 5.98. The maximum atomic E-state index is 13.1. The molecular weight excluding hydrogens is 430 g/mol. The topological polar surface area (TPSA) is 136 Å². The predicted molar refractivity (Wildman–Crippen MR) is 114 cm³/mol. The molecule has 0 saturated carbocycles. The van der Waals surface area contributed by atoms with Gasteiger partial charge in [-0.15, -0.1) is 0 Å². The van der Waals surface area contributed by atoms with E-state index in [1.54, 1.807) is 6.92 Å².